The maximum Gasteiger partial charge on any atom is 0.212 e. The Morgan fingerprint density at radius 1 is 1.12 bits per heavy atom. The van der Waals surface area contributed by atoms with Crippen molar-refractivity contribution in [3.05, 3.63) is 48.2 Å². The molecule has 0 bridgehead atoms. The van der Waals surface area contributed by atoms with Crippen LogP contribution in [0.15, 0.2) is 42.6 Å². The number of methoxy groups -OCH3 is 1. The summed E-state index contributed by atoms with van der Waals surface area (Å²) in [4.78, 5) is 4.21. The third-order valence-corrected chi connectivity index (χ3v) is 2.61. The molecule has 0 aliphatic heterocycles. The second kappa shape index (κ2) is 4.79. The molecule has 0 aliphatic carbocycles. The summed E-state index contributed by atoms with van der Waals surface area (Å²) in [5, 5.41) is 0. The van der Waals surface area contributed by atoms with Crippen molar-refractivity contribution in [2.45, 2.75) is 13.3 Å². The molecule has 0 radical (unpaired) electrons. The molecule has 1 aromatic heterocycles. The van der Waals surface area contributed by atoms with E-state index in [0.29, 0.717) is 5.88 Å². The zero-order chi connectivity index (χ0) is 11.4. The van der Waals surface area contributed by atoms with Crippen molar-refractivity contribution in [3.63, 3.8) is 0 Å². The standard InChI is InChI=1S/C14H15NO/c1-3-11-5-4-6-12(9-11)13-7-8-14(16-2)15-10-13/h4-10H,3H2,1-2H3. The third kappa shape index (κ3) is 2.22. The number of hydrogen-bond acceptors (Lipinski definition) is 2. The van der Waals surface area contributed by atoms with Gasteiger partial charge in [0.1, 0.15) is 0 Å². The lowest BCUT2D eigenvalue weighted by Crippen LogP contribution is -1.88. The number of aromatic nitrogens is 1. The fourth-order valence-electron chi connectivity index (χ4n) is 1.64. The summed E-state index contributed by atoms with van der Waals surface area (Å²) in [6.45, 7) is 2.16. The van der Waals surface area contributed by atoms with Crippen LogP contribution in [0, 0.1) is 0 Å². The van der Waals surface area contributed by atoms with E-state index >= 15 is 0 Å². The second-order valence-electron chi connectivity index (χ2n) is 3.64. The van der Waals surface area contributed by atoms with Crippen LogP contribution in [0.4, 0.5) is 0 Å². The van der Waals surface area contributed by atoms with Crippen LogP contribution in [0.25, 0.3) is 11.1 Å². The largest absolute Gasteiger partial charge is 0.481 e. The molecule has 82 valence electrons. The summed E-state index contributed by atoms with van der Waals surface area (Å²) in [5.74, 6) is 0.649. The summed E-state index contributed by atoms with van der Waals surface area (Å²) >= 11 is 0. The van der Waals surface area contributed by atoms with Crippen molar-refractivity contribution < 1.29 is 4.74 Å². The van der Waals surface area contributed by atoms with Crippen LogP contribution < -0.4 is 4.74 Å². The highest BCUT2D eigenvalue weighted by Crippen LogP contribution is 2.21. The van der Waals surface area contributed by atoms with Gasteiger partial charge in [0.15, 0.2) is 0 Å². The van der Waals surface area contributed by atoms with E-state index in [1.54, 1.807) is 7.11 Å². The molecule has 0 fully saturated rings. The number of pyridine rings is 1. The van der Waals surface area contributed by atoms with E-state index in [-0.39, 0.29) is 0 Å². The zero-order valence-corrected chi connectivity index (χ0v) is 9.60. The molecule has 0 atom stereocenters. The molecule has 2 heteroatoms. The van der Waals surface area contributed by atoms with Gasteiger partial charge in [-0.15, -0.1) is 0 Å². The summed E-state index contributed by atoms with van der Waals surface area (Å²) in [6, 6.07) is 12.4. The van der Waals surface area contributed by atoms with E-state index in [0.717, 1.165) is 12.0 Å². The molecule has 0 aliphatic rings. The van der Waals surface area contributed by atoms with E-state index in [2.05, 4.69) is 36.2 Å². The zero-order valence-electron chi connectivity index (χ0n) is 9.60. The molecular formula is C14H15NO. The van der Waals surface area contributed by atoms with Gasteiger partial charge in [0.05, 0.1) is 7.11 Å². The summed E-state index contributed by atoms with van der Waals surface area (Å²) in [6.07, 6.45) is 2.89. The number of benzene rings is 1. The van der Waals surface area contributed by atoms with Gasteiger partial charge in [-0.2, -0.15) is 0 Å². The lowest BCUT2D eigenvalue weighted by atomic mass is 10.0. The number of aryl methyl sites for hydroxylation is 1. The molecule has 2 nitrogen and oxygen atoms in total. The topological polar surface area (TPSA) is 22.1 Å². The number of ether oxygens (including phenoxy) is 1. The first-order valence-corrected chi connectivity index (χ1v) is 5.43. The van der Waals surface area contributed by atoms with E-state index in [1.165, 1.54) is 11.1 Å². The van der Waals surface area contributed by atoms with Crippen molar-refractivity contribution in [3.8, 4) is 17.0 Å². The van der Waals surface area contributed by atoms with E-state index in [4.69, 9.17) is 4.74 Å². The van der Waals surface area contributed by atoms with Crippen molar-refractivity contribution in [2.24, 2.45) is 0 Å². The normalized spacial score (nSPS) is 10.1. The van der Waals surface area contributed by atoms with Crippen LogP contribution in [-0.2, 0) is 6.42 Å². The van der Waals surface area contributed by atoms with Gasteiger partial charge in [-0.1, -0.05) is 31.2 Å². The van der Waals surface area contributed by atoms with Gasteiger partial charge in [0.2, 0.25) is 5.88 Å². The third-order valence-electron chi connectivity index (χ3n) is 2.61. The van der Waals surface area contributed by atoms with Crippen molar-refractivity contribution in [2.75, 3.05) is 7.11 Å². The van der Waals surface area contributed by atoms with Gasteiger partial charge < -0.3 is 4.74 Å². The predicted molar refractivity (Wildman–Crippen MR) is 65.6 cm³/mol. The Morgan fingerprint density at radius 2 is 2.00 bits per heavy atom. The minimum atomic E-state index is 0.649. The minimum Gasteiger partial charge on any atom is -0.481 e. The average molecular weight is 213 g/mol. The predicted octanol–water partition coefficient (Wildman–Crippen LogP) is 3.32. The summed E-state index contributed by atoms with van der Waals surface area (Å²) in [5.41, 5.74) is 3.67. The maximum absolute atomic E-state index is 5.04. The highest BCUT2D eigenvalue weighted by molar-refractivity contribution is 5.63. The minimum absolute atomic E-state index is 0.649. The number of rotatable bonds is 3. The second-order valence-corrected chi connectivity index (χ2v) is 3.64. The molecule has 0 amide bonds. The maximum atomic E-state index is 5.04. The van der Waals surface area contributed by atoms with Gasteiger partial charge in [-0.25, -0.2) is 4.98 Å². The lowest BCUT2D eigenvalue weighted by Gasteiger charge is -2.04. The quantitative estimate of drug-likeness (QED) is 0.780. The Morgan fingerprint density at radius 3 is 2.62 bits per heavy atom. The molecule has 0 N–H and O–H groups in total. The van der Waals surface area contributed by atoms with Gasteiger partial charge in [-0.3, -0.25) is 0 Å². The van der Waals surface area contributed by atoms with Gasteiger partial charge in [0, 0.05) is 17.8 Å². The average Bonchev–Trinajstić information content (AvgIpc) is 2.39. The smallest absolute Gasteiger partial charge is 0.212 e. The molecular weight excluding hydrogens is 198 g/mol. The Balaban J connectivity index is 2.34. The Kier molecular flexibility index (Phi) is 3.20. The van der Waals surface area contributed by atoms with Crippen molar-refractivity contribution >= 4 is 0 Å². The monoisotopic (exact) mass is 213 g/mol. The molecule has 1 aromatic carbocycles. The fraction of sp³-hybridized carbons (Fsp3) is 0.214. The Bertz CT molecular complexity index is 462. The SMILES string of the molecule is CCc1cccc(-c2ccc(OC)nc2)c1. The van der Waals surface area contributed by atoms with E-state index in [9.17, 15) is 0 Å². The van der Waals surface area contributed by atoms with Gasteiger partial charge in [-0.05, 0) is 23.6 Å². The molecule has 1 heterocycles. The molecule has 0 saturated heterocycles. The van der Waals surface area contributed by atoms with Crippen molar-refractivity contribution in [1.29, 1.82) is 0 Å². The highest BCUT2D eigenvalue weighted by Gasteiger charge is 1.99. The van der Waals surface area contributed by atoms with Crippen LogP contribution in [0.3, 0.4) is 0 Å². The highest BCUT2D eigenvalue weighted by atomic mass is 16.5. The molecule has 0 spiro atoms. The van der Waals surface area contributed by atoms with Crippen LogP contribution in [-0.4, -0.2) is 12.1 Å². The van der Waals surface area contributed by atoms with Crippen LogP contribution in [0.2, 0.25) is 0 Å². The summed E-state index contributed by atoms with van der Waals surface area (Å²) < 4.78 is 5.04. The first-order chi connectivity index (χ1) is 7.83. The lowest BCUT2D eigenvalue weighted by molar-refractivity contribution is 0.398. The van der Waals surface area contributed by atoms with Gasteiger partial charge in [0.25, 0.3) is 0 Å². The Hall–Kier alpha value is -1.83. The van der Waals surface area contributed by atoms with Crippen LogP contribution >= 0.6 is 0 Å². The fourth-order valence-corrected chi connectivity index (χ4v) is 1.64. The molecule has 2 aromatic rings. The first kappa shape index (κ1) is 10.7. The van der Waals surface area contributed by atoms with Gasteiger partial charge >= 0.3 is 0 Å². The van der Waals surface area contributed by atoms with E-state index in [1.807, 2.05) is 18.3 Å². The van der Waals surface area contributed by atoms with Crippen LogP contribution in [0.1, 0.15) is 12.5 Å². The van der Waals surface area contributed by atoms with Crippen LogP contribution in [0.5, 0.6) is 5.88 Å². The summed E-state index contributed by atoms with van der Waals surface area (Å²) in [7, 11) is 1.62. The molecule has 0 unspecified atom stereocenters. The number of hydrogen-bond donors (Lipinski definition) is 0. The Labute approximate surface area is 95.9 Å². The molecule has 0 saturated carbocycles. The first-order valence-electron chi connectivity index (χ1n) is 5.43. The van der Waals surface area contributed by atoms with Crippen molar-refractivity contribution in [1.82, 2.24) is 4.98 Å². The number of nitrogens with zero attached hydrogens (tertiary/aromatic N) is 1. The van der Waals surface area contributed by atoms with E-state index < -0.39 is 0 Å². The molecule has 16 heavy (non-hydrogen) atoms. The molecule has 2 rings (SSSR count).